The van der Waals surface area contributed by atoms with Gasteiger partial charge in [-0.2, -0.15) is 0 Å². The van der Waals surface area contributed by atoms with Gasteiger partial charge < -0.3 is 14.4 Å². The molecular weight excluding hydrogens is 380 g/mol. The van der Waals surface area contributed by atoms with Gasteiger partial charge in [0, 0.05) is 19.0 Å². The Morgan fingerprint density at radius 1 is 1.31 bits per heavy atom. The van der Waals surface area contributed by atoms with Crippen LogP contribution in [0.1, 0.15) is 48.9 Å². The number of carbonyl (C=O) groups excluding carboxylic acids is 3. The van der Waals surface area contributed by atoms with Crippen LogP contribution >= 0.6 is 0 Å². The summed E-state index contributed by atoms with van der Waals surface area (Å²) in [6.45, 7) is 0.703. The predicted octanol–water partition coefficient (Wildman–Crippen LogP) is 2.76. The average Bonchev–Trinajstić information content (AvgIpc) is 3.23. The molecule has 0 N–H and O–H groups in total. The normalized spacial score (nSPS) is 13.7. The SMILES string of the molecule is COC(=O)CN(CC1CCCC1)C(=O)CCCOc1ccc([N+](=O)[O-])c(C=O)c1. The van der Waals surface area contributed by atoms with E-state index in [2.05, 4.69) is 0 Å². The van der Waals surface area contributed by atoms with Crippen molar-refractivity contribution in [3.05, 3.63) is 33.9 Å². The first-order chi connectivity index (χ1) is 13.9. The Labute approximate surface area is 169 Å². The minimum absolute atomic E-state index is 0.0578. The highest BCUT2D eigenvalue weighted by atomic mass is 16.6. The number of amides is 1. The highest BCUT2D eigenvalue weighted by Gasteiger charge is 2.23. The summed E-state index contributed by atoms with van der Waals surface area (Å²) in [6, 6.07) is 3.93. The van der Waals surface area contributed by atoms with Crippen molar-refractivity contribution in [2.45, 2.75) is 38.5 Å². The van der Waals surface area contributed by atoms with Crippen LogP contribution in [-0.4, -0.2) is 54.8 Å². The van der Waals surface area contributed by atoms with Gasteiger partial charge in [-0.25, -0.2) is 0 Å². The Bertz CT molecular complexity index is 744. The molecule has 1 amide bonds. The number of esters is 1. The van der Waals surface area contributed by atoms with Crippen LogP contribution in [0.3, 0.4) is 0 Å². The second-order valence-corrected chi connectivity index (χ2v) is 7.05. The molecule has 1 aromatic carbocycles. The number of nitrogens with zero attached hydrogens (tertiary/aromatic N) is 2. The molecule has 0 radical (unpaired) electrons. The van der Waals surface area contributed by atoms with Crippen LogP contribution in [0.4, 0.5) is 5.69 Å². The van der Waals surface area contributed by atoms with Crippen LogP contribution in [0.25, 0.3) is 0 Å². The number of hydrogen-bond donors (Lipinski definition) is 0. The van der Waals surface area contributed by atoms with Gasteiger partial charge in [0.15, 0.2) is 6.29 Å². The van der Waals surface area contributed by atoms with Crippen LogP contribution in [0.15, 0.2) is 18.2 Å². The van der Waals surface area contributed by atoms with Crippen molar-refractivity contribution < 1.29 is 28.8 Å². The molecule has 0 unspecified atom stereocenters. The van der Waals surface area contributed by atoms with Crippen LogP contribution < -0.4 is 4.74 Å². The van der Waals surface area contributed by atoms with Crippen molar-refractivity contribution in [1.82, 2.24) is 4.90 Å². The van der Waals surface area contributed by atoms with Crippen molar-refractivity contribution in [2.75, 3.05) is 26.8 Å². The molecule has 0 aromatic heterocycles. The number of nitro groups is 1. The summed E-state index contributed by atoms with van der Waals surface area (Å²) in [4.78, 5) is 46.9. The van der Waals surface area contributed by atoms with Gasteiger partial charge in [-0.3, -0.25) is 24.5 Å². The molecule has 29 heavy (non-hydrogen) atoms. The van der Waals surface area contributed by atoms with E-state index in [4.69, 9.17) is 9.47 Å². The van der Waals surface area contributed by atoms with Crippen LogP contribution in [-0.2, 0) is 14.3 Å². The van der Waals surface area contributed by atoms with Gasteiger partial charge in [0.25, 0.3) is 5.69 Å². The van der Waals surface area contributed by atoms with Gasteiger partial charge in [-0.15, -0.1) is 0 Å². The minimum atomic E-state index is -0.633. The first-order valence-electron chi connectivity index (χ1n) is 9.65. The lowest BCUT2D eigenvalue weighted by molar-refractivity contribution is -0.385. The molecule has 9 heteroatoms. The van der Waals surface area contributed by atoms with Crippen LogP contribution in [0.2, 0.25) is 0 Å². The summed E-state index contributed by atoms with van der Waals surface area (Å²) in [7, 11) is 1.30. The molecule has 158 valence electrons. The van der Waals surface area contributed by atoms with E-state index < -0.39 is 10.9 Å². The first kappa shape index (κ1) is 22.3. The maximum atomic E-state index is 12.6. The van der Waals surface area contributed by atoms with Gasteiger partial charge in [0.2, 0.25) is 5.91 Å². The number of rotatable bonds is 11. The number of benzene rings is 1. The third-order valence-electron chi connectivity index (χ3n) is 4.98. The molecular formula is C20H26N2O7. The van der Waals surface area contributed by atoms with Gasteiger partial charge in [-0.1, -0.05) is 12.8 Å². The number of aldehydes is 1. The fraction of sp³-hybridized carbons (Fsp3) is 0.550. The highest BCUT2D eigenvalue weighted by Crippen LogP contribution is 2.26. The van der Waals surface area contributed by atoms with Gasteiger partial charge in [0.05, 0.1) is 24.2 Å². The topological polar surface area (TPSA) is 116 Å². The third-order valence-corrected chi connectivity index (χ3v) is 4.98. The van der Waals surface area contributed by atoms with Crippen LogP contribution in [0, 0.1) is 16.0 Å². The summed E-state index contributed by atoms with van der Waals surface area (Å²) in [5.41, 5.74) is -0.350. The molecule has 0 aliphatic heterocycles. The fourth-order valence-corrected chi connectivity index (χ4v) is 3.43. The lowest BCUT2D eigenvalue weighted by atomic mass is 10.1. The third kappa shape index (κ3) is 6.85. The van der Waals surface area contributed by atoms with E-state index in [1.807, 2.05) is 0 Å². The van der Waals surface area contributed by atoms with E-state index in [9.17, 15) is 24.5 Å². The lowest BCUT2D eigenvalue weighted by Crippen LogP contribution is -2.39. The zero-order valence-electron chi connectivity index (χ0n) is 16.5. The summed E-state index contributed by atoms with van der Waals surface area (Å²) in [6.07, 6.45) is 5.45. The van der Waals surface area contributed by atoms with Gasteiger partial charge in [0.1, 0.15) is 12.3 Å². The fourth-order valence-electron chi connectivity index (χ4n) is 3.43. The predicted molar refractivity (Wildman–Crippen MR) is 104 cm³/mol. The quantitative estimate of drug-likeness (QED) is 0.182. The van der Waals surface area contributed by atoms with E-state index in [1.54, 1.807) is 4.90 Å². The van der Waals surface area contributed by atoms with Crippen molar-refractivity contribution >= 4 is 23.9 Å². The molecule has 0 saturated heterocycles. The molecule has 0 heterocycles. The number of nitro benzene ring substituents is 1. The van der Waals surface area contributed by atoms with Gasteiger partial charge >= 0.3 is 5.97 Å². The molecule has 1 saturated carbocycles. The summed E-state index contributed by atoms with van der Waals surface area (Å²) >= 11 is 0. The van der Waals surface area contributed by atoms with Crippen molar-refractivity contribution in [3.63, 3.8) is 0 Å². The molecule has 1 fully saturated rings. The molecule has 0 spiro atoms. The van der Waals surface area contributed by atoms with Crippen molar-refractivity contribution in [1.29, 1.82) is 0 Å². The van der Waals surface area contributed by atoms with Crippen molar-refractivity contribution in [3.8, 4) is 5.75 Å². The smallest absolute Gasteiger partial charge is 0.325 e. The average molecular weight is 406 g/mol. The number of hydrogen-bond acceptors (Lipinski definition) is 7. The zero-order valence-corrected chi connectivity index (χ0v) is 16.5. The van der Waals surface area contributed by atoms with Crippen LogP contribution in [0.5, 0.6) is 5.75 Å². The van der Waals surface area contributed by atoms with Gasteiger partial charge in [-0.05, 0) is 37.3 Å². The second kappa shape index (κ2) is 11.1. The Morgan fingerprint density at radius 2 is 2.03 bits per heavy atom. The maximum Gasteiger partial charge on any atom is 0.325 e. The number of ether oxygens (including phenoxy) is 2. The summed E-state index contributed by atoms with van der Waals surface area (Å²) in [5, 5.41) is 10.8. The van der Waals surface area contributed by atoms with E-state index in [0.717, 1.165) is 25.7 Å². The maximum absolute atomic E-state index is 12.6. The summed E-state index contributed by atoms with van der Waals surface area (Å²) in [5.74, 6) is 0.160. The highest BCUT2D eigenvalue weighted by molar-refractivity contribution is 5.82. The molecule has 2 rings (SSSR count). The molecule has 1 aromatic rings. The Hall–Kier alpha value is -2.97. The van der Waals surface area contributed by atoms with E-state index in [-0.39, 0.29) is 36.7 Å². The molecule has 1 aliphatic carbocycles. The molecule has 0 bridgehead atoms. The largest absolute Gasteiger partial charge is 0.494 e. The van der Waals surface area contributed by atoms with Crippen molar-refractivity contribution in [2.24, 2.45) is 5.92 Å². The molecule has 1 aliphatic rings. The zero-order chi connectivity index (χ0) is 21.2. The minimum Gasteiger partial charge on any atom is -0.494 e. The summed E-state index contributed by atoms with van der Waals surface area (Å²) < 4.78 is 10.2. The second-order valence-electron chi connectivity index (χ2n) is 7.05. The van der Waals surface area contributed by atoms with E-state index in [0.29, 0.717) is 30.9 Å². The Morgan fingerprint density at radius 3 is 2.66 bits per heavy atom. The molecule has 9 nitrogen and oxygen atoms in total. The standard InChI is InChI=1S/C20H26N2O7/c1-28-20(25)13-21(12-15-5-2-3-6-15)19(24)7-4-10-29-17-8-9-18(22(26)27)16(11-17)14-23/h8-9,11,14-15H,2-7,10,12-13H2,1H3. The monoisotopic (exact) mass is 406 g/mol. The molecule has 0 atom stereocenters. The Kier molecular flexibility index (Phi) is 8.57. The Balaban J connectivity index is 1.85. The number of methoxy groups -OCH3 is 1. The first-order valence-corrected chi connectivity index (χ1v) is 9.65. The number of carbonyl (C=O) groups is 3. The van der Waals surface area contributed by atoms with E-state index >= 15 is 0 Å². The lowest BCUT2D eigenvalue weighted by Gasteiger charge is -2.24. The van der Waals surface area contributed by atoms with E-state index in [1.165, 1.54) is 25.3 Å².